The average molecular weight is 480 g/mol. The van der Waals surface area contributed by atoms with E-state index in [0.29, 0.717) is 6.54 Å². The predicted octanol–water partition coefficient (Wildman–Crippen LogP) is 3.99. The Morgan fingerprint density at radius 2 is 1.97 bits per heavy atom. The normalized spacial score (nSPS) is 21.2. The van der Waals surface area contributed by atoms with Crippen molar-refractivity contribution in [3.8, 4) is 0 Å². The van der Waals surface area contributed by atoms with E-state index in [9.17, 15) is 0 Å². The lowest BCUT2D eigenvalue weighted by atomic mass is 9.96. The number of pyridine rings is 1. The van der Waals surface area contributed by atoms with Gasteiger partial charge in [0.15, 0.2) is 5.11 Å². The average Bonchev–Trinajstić information content (AvgIpc) is 3.56. The van der Waals surface area contributed by atoms with E-state index in [4.69, 9.17) is 21.4 Å². The molecule has 2 aliphatic rings. The van der Waals surface area contributed by atoms with Crippen molar-refractivity contribution in [3.05, 3.63) is 77.3 Å². The number of aryl methyl sites for hydroxylation is 1. The Morgan fingerprint density at radius 1 is 1.12 bits per heavy atom. The van der Waals surface area contributed by atoms with Gasteiger partial charge in [0.2, 0.25) is 0 Å². The third-order valence-corrected chi connectivity index (χ3v) is 7.35. The largest absolute Gasteiger partial charge is 0.467 e. The molecular formula is C26H33N5O2S. The first-order chi connectivity index (χ1) is 16.6. The van der Waals surface area contributed by atoms with Crippen molar-refractivity contribution in [2.45, 2.75) is 45.4 Å². The van der Waals surface area contributed by atoms with Crippen LogP contribution in [-0.2, 0) is 17.8 Å². The molecule has 5 heterocycles. The van der Waals surface area contributed by atoms with Crippen LogP contribution in [0.3, 0.4) is 0 Å². The summed E-state index contributed by atoms with van der Waals surface area (Å²) in [4.78, 5) is 9.41. The van der Waals surface area contributed by atoms with Crippen LogP contribution in [0.25, 0.3) is 0 Å². The number of nitrogens with one attached hydrogen (secondary N) is 1. The zero-order chi connectivity index (χ0) is 23.5. The summed E-state index contributed by atoms with van der Waals surface area (Å²) in [6.07, 6.45) is 4.69. The molecule has 0 unspecified atom stereocenters. The van der Waals surface area contributed by atoms with Gasteiger partial charge in [-0.3, -0.25) is 9.88 Å². The summed E-state index contributed by atoms with van der Waals surface area (Å²) in [5.41, 5.74) is 4.86. The molecule has 2 aliphatic heterocycles. The van der Waals surface area contributed by atoms with E-state index in [1.54, 1.807) is 6.26 Å². The molecule has 5 rings (SSSR count). The van der Waals surface area contributed by atoms with E-state index in [1.165, 1.54) is 17.0 Å². The third kappa shape index (κ3) is 4.76. The Morgan fingerprint density at radius 3 is 2.71 bits per heavy atom. The second-order valence-corrected chi connectivity index (χ2v) is 9.51. The van der Waals surface area contributed by atoms with Crippen molar-refractivity contribution in [3.63, 3.8) is 0 Å². The molecule has 0 aromatic carbocycles. The van der Waals surface area contributed by atoms with Crippen molar-refractivity contribution in [1.82, 2.24) is 24.7 Å². The molecular weight excluding hydrogens is 446 g/mol. The van der Waals surface area contributed by atoms with Gasteiger partial charge >= 0.3 is 0 Å². The smallest absolute Gasteiger partial charge is 0.170 e. The van der Waals surface area contributed by atoms with Gasteiger partial charge in [0.05, 0.1) is 43.8 Å². The maximum absolute atomic E-state index is 5.82. The van der Waals surface area contributed by atoms with Crippen molar-refractivity contribution in [2.75, 3.05) is 32.8 Å². The first-order valence-electron chi connectivity index (χ1n) is 12.1. The summed E-state index contributed by atoms with van der Waals surface area (Å²) in [7, 11) is 0. The maximum atomic E-state index is 5.82. The van der Waals surface area contributed by atoms with Gasteiger partial charge in [-0.05, 0) is 68.4 Å². The van der Waals surface area contributed by atoms with Gasteiger partial charge in [0, 0.05) is 43.8 Å². The van der Waals surface area contributed by atoms with Gasteiger partial charge in [-0.2, -0.15) is 0 Å². The summed E-state index contributed by atoms with van der Waals surface area (Å²) in [5.74, 6) is 0.898. The Kier molecular flexibility index (Phi) is 6.99. The standard InChI is InChI=1S/C26H33N5O2S/c1-19-17-22(20(2)30(19)11-6-10-29-12-15-32-16-13-29)25-24(23-8-3-4-9-27-23)28-26(34)31(25)18-21-7-5-14-33-21/h3-5,7-9,14,17,24-25H,6,10-13,15-16,18H2,1-2H3,(H,28,34)/t24-,25-/m1/s1. The van der Waals surface area contributed by atoms with Crippen molar-refractivity contribution in [1.29, 1.82) is 0 Å². The van der Waals surface area contributed by atoms with Gasteiger partial charge < -0.3 is 23.9 Å². The number of thiocarbonyl (C=S) groups is 1. The predicted molar refractivity (Wildman–Crippen MR) is 135 cm³/mol. The number of nitrogens with zero attached hydrogens (tertiary/aromatic N) is 4. The molecule has 180 valence electrons. The third-order valence-electron chi connectivity index (χ3n) is 7.00. The fourth-order valence-electron chi connectivity index (χ4n) is 5.23. The molecule has 1 N–H and O–H groups in total. The van der Waals surface area contributed by atoms with E-state index in [-0.39, 0.29) is 12.1 Å². The minimum atomic E-state index is -0.0223. The minimum Gasteiger partial charge on any atom is -0.467 e. The fourth-order valence-corrected chi connectivity index (χ4v) is 5.54. The Bertz CT molecular complexity index is 1090. The molecule has 0 saturated carbocycles. The van der Waals surface area contributed by atoms with Gasteiger partial charge in [-0.15, -0.1) is 0 Å². The molecule has 2 saturated heterocycles. The highest BCUT2D eigenvalue weighted by Gasteiger charge is 2.41. The highest BCUT2D eigenvalue weighted by Crippen LogP contribution is 2.41. The van der Waals surface area contributed by atoms with Crippen molar-refractivity contribution < 1.29 is 9.15 Å². The lowest BCUT2D eigenvalue weighted by Gasteiger charge is -2.28. The van der Waals surface area contributed by atoms with Crippen LogP contribution in [0.15, 0.2) is 53.3 Å². The second kappa shape index (κ2) is 10.3. The van der Waals surface area contributed by atoms with Crippen LogP contribution < -0.4 is 5.32 Å². The van der Waals surface area contributed by atoms with Crippen LogP contribution >= 0.6 is 12.2 Å². The van der Waals surface area contributed by atoms with Gasteiger partial charge in [0.1, 0.15) is 5.76 Å². The van der Waals surface area contributed by atoms with Crippen LogP contribution in [0.5, 0.6) is 0 Å². The zero-order valence-corrected chi connectivity index (χ0v) is 20.8. The summed E-state index contributed by atoms with van der Waals surface area (Å²) in [6.45, 7) is 10.9. The molecule has 0 amide bonds. The first-order valence-corrected chi connectivity index (χ1v) is 12.5. The van der Waals surface area contributed by atoms with E-state index >= 15 is 0 Å². The van der Waals surface area contributed by atoms with Gasteiger partial charge in [-0.1, -0.05) is 6.07 Å². The second-order valence-electron chi connectivity index (χ2n) is 9.12. The number of hydrogen-bond acceptors (Lipinski definition) is 5. The molecule has 3 aromatic rings. The van der Waals surface area contributed by atoms with E-state index < -0.39 is 0 Å². The molecule has 8 heteroatoms. The Balaban J connectivity index is 1.41. The number of morpholine rings is 1. The van der Waals surface area contributed by atoms with Crippen LogP contribution in [-0.4, -0.2) is 57.3 Å². The molecule has 3 aromatic heterocycles. The quantitative estimate of drug-likeness (QED) is 0.490. The summed E-state index contributed by atoms with van der Waals surface area (Å²) in [6, 6.07) is 12.3. The Labute approximate surface area is 206 Å². The summed E-state index contributed by atoms with van der Waals surface area (Å²) < 4.78 is 13.6. The lowest BCUT2D eigenvalue weighted by molar-refractivity contribution is 0.0369. The van der Waals surface area contributed by atoms with E-state index in [0.717, 1.165) is 62.4 Å². The lowest BCUT2D eigenvalue weighted by Crippen LogP contribution is -2.37. The van der Waals surface area contributed by atoms with Crippen molar-refractivity contribution >= 4 is 17.3 Å². The maximum Gasteiger partial charge on any atom is 0.170 e. The molecule has 0 radical (unpaired) electrons. The monoisotopic (exact) mass is 479 g/mol. The molecule has 2 atom stereocenters. The first kappa shape index (κ1) is 23.1. The van der Waals surface area contributed by atoms with Crippen LogP contribution in [0, 0.1) is 13.8 Å². The highest BCUT2D eigenvalue weighted by molar-refractivity contribution is 7.80. The topological polar surface area (TPSA) is 58.7 Å². The zero-order valence-electron chi connectivity index (χ0n) is 19.9. The molecule has 0 aliphatic carbocycles. The number of rotatable bonds is 8. The van der Waals surface area contributed by atoms with Crippen molar-refractivity contribution in [2.24, 2.45) is 0 Å². The number of aromatic nitrogens is 2. The summed E-state index contributed by atoms with van der Waals surface area (Å²) in [5, 5.41) is 4.28. The van der Waals surface area contributed by atoms with Crippen LogP contribution in [0.4, 0.5) is 0 Å². The minimum absolute atomic E-state index is 0.0223. The Hall–Kier alpha value is -2.68. The van der Waals surface area contributed by atoms with Crippen LogP contribution in [0.1, 0.15) is 46.9 Å². The molecule has 2 fully saturated rings. The molecule has 7 nitrogen and oxygen atoms in total. The van der Waals surface area contributed by atoms with Gasteiger partial charge in [0.25, 0.3) is 0 Å². The van der Waals surface area contributed by atoms with E-state index in [1.807, 2.05) is 30.5 Å². The number of furan rings is 1. The number of ether oxygens (including phenoxy) is 1. The van der Waals surface area contributed by atoms with Crippen LogP contribution in [0.2, 0.25) is 0 Å². The fraction of sp³-hybridized carbons (Fsp3) is 0.462. The SMILES string of the molecule is Cc1cc([C@@H]2[C@@H](c3ccccn3)NC(=S)N2Cc2ccco2)c(C)n1CCCN1CCOCC1. The van der Waals surface area contributed by atoms with E-state index in [2.05, 4.69) is 50.6 Å². The highest BCUT2D eigenvalue weighted by atomic mass is 32.1. The molecule has 34 heavy (non-hydrogen) atoms. The molecule has 0 bridgehead atoms. The molecule has 0 spiro atoms. The summed E-state index contributed by atoms with van der Waals surface area (Å²) >= 11 is 5.82. The van der Waals surface area contributed by atoms with Gasteiger partial charge in [-0.25, -0.2) is 0 Å². The number of hydrogen-bond donors (Lipinski definition) is 1.